The Morgan fingerprint density at radius 1 is 0.939 bits per heavy atom. The molecule has 0 unspecified atom stereocenters. The van der Waals surface area contributed by atoms with Gasteiger partial charge in [0.1, 0.15) is 23.3 Å². The summed E-state index contributed by atoms with van der Waals surface area (Å²) in [6, 6.07) is 8.31. The molecule has 1 aromatic heterocycles. The summed E-state index contributed by atoms with van der Waals surface area (Å²) < 4.78 is 45.8. The molecule has 3 rings (SSSR count). The van der Waals surface area contributed by atoms with Gasteiger partial charge in [0.2, 0.25) is 0 Å². The first-order valence-corrected chi connectivity index (χ1v) is 11.2. The van der Waals surface area contributed by atoms with E-state index in [9.17, 15) is 4.39 Å². The number of nitrogens with zero attached hydrogens (tertiary/aromatic N) is 1. The minimum absolute atomic E-state index is 0.0922. The first kappa shape index (κ1) is 24.6. The maximum Gasteiger partial charge on any atom is 0.135 e. The average Bonchev–Trinajstić information content (AvgIpc) is 2.75. The zero-order valence-corrected chi connectivity index (χ0v) is 20.1. The number of aryl methyl sites for hydroxylation is 1. The molecule has 0 amide bonds. The number of allylic oxidation sites excluding steroid dienone is 2. The Labute approximate surface area is 194 Å². The van der Waals surface area contributed by atoms with Gasteiger partial charge in [0.25, 0.3) is 0 Å². The molecule has 174 valence electrons. The van der Waals surface area contributed by atoms with Gasteiger partial charge in [-0.2, -0.15) is 0 Å². The van der Waals surface area contributed by atoms with Crippen LogP contribution in [0.4, 0.5) is 19.0 Å². The van der Waals surface area contributed by atoms with Crippen molar-refractivity contribution >= 4 is 5.82 Å². The molecule has 0 aliphatic rings. The van der Waals surface area contributed by atoms with E-state index in [2.05, 4.69) is 16.4 Å². The summed E-state index contributed by atoms with van der Waals surface area (Å²) in [7, 11) is 0. The number of rotatable bonds is 7. The zero-order chi connectivity index (χ0) is 24.3. The second-order valence-electron chi connectivity index (χ2n) is 8.99. The number of aromatic nitrogens is 1. The van der Waals surface area contributed by atoms with Crippen LogP contribution >= 0.6 is 0 Å². The summed E-state index contributed by atoms with van der Waals surface area (Å²) in [4.78, 5) is 4.32. The maximum atomic E-state index is 15.5. The summed E-state index contributed by atoms with van der Waals surface area (Å²) in [5.74, 6) is -0.818. The van der Waals surface area contributed by atoms with Gasteiger partial charge in [0.05, 0.1) is 0 Å². The highest BCUT2D eigenvalue weighted by molar-refractivity contribution is 5.78. The van der Waals surface area contributed by atoms with E-state index in [1.807, 2.05) is 27.7 Å². The van der Waals surface area contributed by atoms with Gasteiger partial charge in [-0.3, -0.25) is 0 Å². The summed E-state index contributed by atoms with van der Waals surface area (Å²) in [6.07, 6.45) is 4.87. The summed E-state index contributed by atoms with van der Waals surface area (Å²) >= 11 is 0. The van der Waals surface area contributed by atoms with Crippen LogP contribution < -0.4 is 5.32 Å². The van der Waals surface area contributed by atoms with E-state index in [0.29, 0.717) is 28.9 Å². The summed E-state index contributed by atoms with van der Waals surface area (Å²) in [6.45, 7) is 11.1. The van der Waals surface area contributed by atoms with Gasteiger partial charge in [-0.15, -0.1) is 0 Å². The molecule has 2 nitrogen and oxygen atoms in total. The molecule has 5 heteroatoms. The Balaban J connectivity index is 2.01. The van der Waals surface area contributed by atoms with Crippen molar-refractivity contribution in [2.24, 2.45) is 0 Å². The highest BCUT2D eigenvalue weighted by Gasteiger charge is 2.23. The van der Waals surface area contributed by atoms with E-state index in [1.54, 1.807) is 31.2 Å². The topological polar surface area (TPSA) is 24.9 Å². The van der Waals surface area contributed by atoms with E-state index < -0.39 is 17.5 Å². The van der Waals surface area contributed by atoms with Gasteiger partial charge in [-0.1, -0.05) is 23.8 Å². The van der Waals surface area contributed by atoms with Crippen LogP contribution in [0.2, 0.25) is 0 Å². The number of hydrogen-bond acceptors (Lipinski definition) is 2. The lowest BCUT2D eigenvalue weighted by atomic mass is 9.90. The molecule has 2 aromatic carbocycles. The summed E-state index contributed by atoms with van der Waals surface area (Å²) in [5.41, 5.74) is 3.15. The molecule has 0 atom stereocenters. The second-order valence-corrected chi connectivity index (χ2v) is 8.99. The average molecular weight is 453 g/mol. The van der Waals surface area contributed by atoms with Crippen molar-refractivity contribution in [3.8, 4) is 22.3 Å². The van der Waals surface area contributed by atoms with E-state index in [0.717, 1.165) is 6.42 Å². The third-order valence-electron chi connectivity index (χ3n) is 5.64. The van der Waals surface area contributed by atoms with Gasteiger partial charge in [-0.05, 0) is 94.8 Å². The van der Waals surface area contributed by atoms with Crippen LogP contribution in [0.5, 0.6) is 0 Å². The number of nitrogens with one attached hydrogen (secondary N) is 1. The Hall–Kier alpha value is -3.08. The van der Waals surface area contributed by atoms with Crippen LogP contribution in [0.3, 0.4) is 0 Å². The smallest absolute Gasteiger partial charge is 0.135 e. The van der Waals surface area contributed by atoms with E-state index in [-0.39, 0.29) is 28.3 Å². The Morgan fingerprint density at radius 2 is 1.55 bits per heavy atom. The number of benzene rings is 2. The maximum absolute atomic E-state index is 15.5. The fourth-order valence-electron chi connectivity index (χ4n) is 3.95. The Morgan fingerprint density at radius 3 is 2.06 bits per heavy atom. The standard InChI is InChI=1S/C28H31F3N2/c1-16(2)8-7-9-20-10-11-21(14-23(20)29)25-18(5)28(31)26(19(6)27(25)30)22-12-13-24(32-15-22)33-17(3)4/h8,10-15,17H,7,9H2,1-6H3,(H,32,33). The van der Waals surface area contributed by atoms with Crippen LogP contribution in [0.15, 0.2) is 48.2 Å². The Bertz CT molecular complexity index is 1150. The number of hydrogen-bond donors (Lipinski definition) is 1. The quantitative estimate of drug-likeness (QED) is 0.366. The minimum atomic E-state index is -0.551. The molecule has 1 N–H and O–H groups in total. The lowest BCUT2D eigenvalue weighted by Crippen LogP contribution is -2.10. The molecule has 0 bridgehead atoms. The fourth-order valence-corrected chi connectivity index (χ4v) is 3.95. The molecule has 0 spiro atoms. The van der Waals surface area contributed by atoms with Crippen molar-refractivity contribution in [3.05, 3.63) is 82.3 Å². The van der Waals surface area contributed by atoms with Gasteiger partial charge in [-0.25, -0.2) is 18.2 Å². The van der Waals surface area contributed by atoms with Crippen LogP contribution in [-0.2, 0) is 6.42 Å². The normalized spacial score (nSPS) is 11.1. The van der Waals surface area contributed by atoms with Crippen LogP contribution in [0.1, 0.15) is 50.8 Å². The molecular formula is C28H31F3N2. The highest BCUT2D eigenvalue weighted by atomic mass is 19.1. The third kappa shape index (κ3) is 5.47. The van der Waals surface area contributed by atoms with Crippen molar-refractivity contribution in [2.75, 3.05) is 5.32 Å². The number of halogens is 3. The van der Waals surface area contributed by atoms with Gasteiger partial charge < -0.3 is 5.32 Å². The molecule has 0 saturated heterocycles. The van der Waals surface area contributed by atoms with Crippen molar-refractivity contribution < 1.29 is 13.2 Å². The van der Waals surface area contributed by atoms with E-state index >= 15 is 8.78 Å². The lowest BCUT2D eigenvalue weighted by molar-refractivity contribution is 0.590. The molecule has 0 fully saturated rings. The van der Waals surface area contributed by atoms with Crippen LogP contribution in [0, 0.1) is 31.3 Å². The molecule has 0 aliphatic carbocycles. The molecule has 0 radical (unpaired) electrons. The monoisotopic (exact) mass is 452 g/mol. The van der Waals surface area contributed by atoms with Crippen molar-refractivity contribution in [3.63, 3.8) is 0 Å². The molecule has 1 heterocycles. The predicted molar refractivity (Wildman–Crippen MR) is 131 cm³/mol. The van der Waals surface area contributed by atoms with Crippen LogP contribution in [-0.4, -0.2) is 11.0 Å². The van der Waals surface area contributed by atoms with E-state index in [1.165, 1.54) is 24.8 Å². The molecular weight excluding hydrogens is 421 g/mol. The molecule has 33 heavy (non-hydrogen) atoms. The fraction of sp³-hybridized carbons (Fsp3) is 0.321. The van der Waals surface area contributed by atoms with Gasteiger partial charge >= 0.3 is 0 Å². The van der Waals surface area contributed by atoms with Crippen LogP contribution in [0.25, 0.3) is 22.3 Å². The van der Waals surface area contributed by atoms with Crippen molar-refractivity contribution in [1.82, 2.24) is 4.98 Å². The number of anilines is 1. The number of pyridine rings is 1. The zero-order valence-electron chi connectivity index (χ0n) is 20.1. The van der Waals surface area contributed by atoms with Gasteiger partial charge in [0, 0.05) is 28.9 Å². The van der Waals surface area contributed by atoms with Gasteiger partial charge in [0.15, 0.2) is 0 Å². The lowest BCUT2D eigenvalue weighted by Gasteiger charge is -2.17. The third-order valence-corrected chi connectivity index (χ3v) is 5.64. The Kier molecular flexibility index (Phi) is 7.62. The largest absolute Gasteiger partial charge is 0.368 e. The minimum Gasteiger partial charge on any atom is -0.368 e. The first-order valence-electron chi connectivity index (χ1n) is 11.2. The second kappa shape index (κ2) is 10.2. The summed E-state index contributed by atoms with van der Waals surface area (Å²) in [5, 5.41) is 3.18. The molecule has 3 aromatic rings. The van der Waals surface area contributed by atoms with Crippen molar-refractivity contribution in [1.29, 1.82) is 0 Å². The predicted octanol–water partition coefficient (Wildman–Crippen LogP) is 8.17. The SMILES string of the molecule is CC(C)=CCCc1ccc(-c2c(C)c(F)c(-c3ccc(NC(C)C)nc3)c(C)c2F)cc1F. The first-order chi connectivity index (χ1) is 15.6. The molecule has 0 saturated carbocycles. The van der Waals surface area contributed by atoms with E-state index in [4.69, 9.17) is 0 Å². The van der Waals surface area contributed by atoms with Crippen molar-refractivity contribution in [2.45, 2.75) is 60.4 Å². The molecule has 0 aliphatic heterocycles. The highest BCUT2D eigenvalue weighted by Crippen LogP contribution is 2.38.